The second-order valence-electron chi connectivity index (χ2n) is 9.20. The van der Waals surface area contributed by atoms with Gasteiger partial charge in [0.05, 0.1) is 15.0 Å². The Morgan fingerprint density at radius 2 is 1.55 bits per heavy atom. The van der Waals surface area contributed by atoms with E-state index in [1.165, 1.54) is 6.08 Å². The molecule has 2 heterocycles. The summed E-state index contributed by atoms with van der Waals surface area (Å²) >= 11 is 19.6. The predicted molar refractivity (Wildman–Crippen MR) is 160 cm³/mol. The van der Waals surface area contributed by atoms with Gasteiger partial charge in [-0.3, -0.25) is 19.3 Å². The van der Waals surface area contributed by atoms with Crippen LogP contribution >= 0.6 is 46.6 Å². The molecule has 206 valence electrons. The quantitative estimate of drug-likeness (QED) is 0.278. The van der Waals surface area contributed by atoms with E-state index in [1.54, 1.807) is 29.2 Å². The molecule has 11 heteroatoms. The molecule has 0 saturated carbocycles. The van der Waals surface area contributed by atoms with Gasteiger partial charge >= 0.3 is 0 Å². The fraction of sp³-hybridized carbons (Fsp3) is 0.207. The van der Waals surface area contributed by atoms with E-state index in [2.05, 4.69) is 4.90 Å². The zero-order valence-corrected chi connectivity index (χ0v) is 24.3. The third-order valence-corrected chi connectivity index (χ3v) is 8.26. The minimum Gasteiger partial charge on any atom is -0.486 e. The number of hydrogen-bond donors (Lipinski definition) is 0. The molecule has 7 nitrogen and oxygen atoms in total. The van der Waals surface area contributed by atoms with Gasteiger partial charge in [0.25, 0.3) is 11.1 Å². The zero-order valence-electron chi connectivity index (χ0n) is 21.2. The number of hydrogen-bond acceptors (Lipinski definition) is 6. The Kier molecular flexibility index (Phi) is 8.90. The molecule has 0 spiro atoms. The lowest BCUT2D eigenvalue weighted by molar-refractivity contribution is -0.136. The minimum absolute atomic E-state index is 0.189. The second-order valence-corrected chi connectivity index (χ2v) is 11.4. The number of carbonyl (C=O) groups is 3. The average Bonchev–Trinajstić information content (AvgIpc) is 3.21. The van der Waals surface area contributed by atoms with Crippen molar-refractivity contribution in [2.75, 3.05) is 37.6 Å². The lowest BCUT2D eigenvalue weighted by Crippen LogP contribution is -2.51. The molecule has 5 rings (SSSR count). The number of benzene rings is 3. The number of imide groups is 1. The highest BCUT2D eigenvalue weighted by molar-refractivity contribution is 8.18. The first-order valence-electron chi connectivity index (χ1n) is 12.5. The van der Waals surface area contributed by atoms with Gasteiger partial charge in [0.1, 0.15) is 13.2 Å². The third kappa shape index (κ3) is 6.58. The lowest BCUT2D eigenvalue weighted by atomic mass is 10.2. The average molecular weight is 617 g/mol. The maximum atomic E-state index is 13.0. The van der Waals surface area contributed by atoms with Crippen LogP contribution in [0.1, 0.15) is 11.1 Å². The summed E-state index contributed by atoms with van der Waals surface area (Å²) in [4.78, 5) is 43.7. The Morgan fingerprint density at radius 3 is 2.20 bits per heavy atom. The second kappa shape index (κ2) is 12.6. The number of carbonyl (C=O) groups excluding carboxylic acids is 3. The van der Waals surface area contributed by atoms with Crippen molar-refractivity contribution in [3.63, 3.8) is 0 Å². The monoisotopic (exact) mass is 615 g/mol. The Bertz CT molecular complexity index is 1440. The summed E-state index contributed by atoms with van der Waals surface area (Å²) in [5, 5.41) is 0.654. The molecule has 0 radical (unpaired) electrons. The highest BCUT2D eigenvalue weighted by atomic mass is 35.5. The van der Waals surface area contributed by atoms with Gasteiger partial charge in [0.2, 0.25) is 5.91 Å². The summed E-state index contributed by atoms with van der Waals surface area (Å²) in [6, 6.07) is 20.4. The molecule has 2 saturated heterocycles. The molecule has 3 aromatic carbocycles. The van der Waals surface area contributed by atoms with Gasteiger partial charge in [-0.05, 0) is 65.4 Å². The van der Waals surface area contributed by atoms with Crippen molar-refractivity contribution in [1.82, 2.24) is 9.80 Å². The fourth-order valence-electron chi connectivity index (χ4n) is 4.41. The number of anilines is 1. The predicted octanol–water partition coefficient (Wildman–Crippen LogP) is 6.61. The number of para-hydroxylation sites is 1. The minimum atomic E-state index is -0.526. The number of piperazine rings is 1. The van der Waals surface area contributed by atoms with Crippen molar-refractivity contribution in [2.45, 2.75) is 6.61 Å². The molecule has 0 unspecified atom stereocenters. The van der Waals surface area contributed by atoms with Gasteiger partial charge < -0.3 is 14.5 Å². The highest BCUT2D eigenvalue weighted by Gasteiger charge is 2.37. The number of halogens is 3. The van der Waals surface area contributed by atoms with E-state index in [1.807, 2.05) is 42.5 Å². The molecule has 0 aromatic heterocycles. The van der Waals surface area contributed by atoms with Gasteiger partial charge in [0.15, 0.2) is 5.75 Å². The van der Waals surface area contributed by atoms with E-state index in [0.717, 1.165) is 27.9 Å². The van der Waals surface area contributed by atoms with Crippen LogP contribution in [0, 0.1) is 0 Å². The zero-order chi connectivity index (χ0) is 28.2. The van der Waals surface area contributed by atoms with Crippen molar-refractivity contribution in [2.24, 2.45) is 0 Å². The first kappa shape index (κ1) is 28.4. The normalized spacial score (nSPS) is 16.7. The molecule has 0 atom stereocenters. The summed E-state index contributed by atoms with van der Waals surface area (Å²) in [6.45, 7) is 2.33. The molecule has 3 amide bonds. The smallest absolute Gasteiger partial charge is 0.294 e. The van der Waals surface area contributed by atoms with E-state index in [9.17, 15) is 14.4 Å². The SMILES string of the molecule is O=C(CN1C(=O)S/C(=C/c2cc(Cl)c(OCc3ccc(Cl)cc3)c(Cl)c2)C1=O)N1CCN(c2ccccc2)CC1. The summed E-state index contributed by atoms with van der Waals surface area (Å²) < 4.78 is 5.80. The van der Waals surface area contributed by atoms with Crippen LogP contribution in [-0.4, -0.2) is 59.6 Å². The highest BCUT2D eigenvalue weighted by Crippen LogP contribution is 2.38. The summed E-state index contributed by atoms with van der Waals surface area (Å²) in [7, 11) is 0. The van der Waals surface area contributed by atoms with Gasteiger partial charge in [-0.1, -0.05) is 65.1 Å². The molecule has 2 aliphatic heterocycles. The van der Waals surface area contributed by atoms with E-state index in [4.69, 9.17) is 39.5 Å². The van der Waals surface area contributed by atoms with Crippen molar-refractivity contribution >= 4 is 75.4 Å². The van der Waals surface area contributed by atoms with Crippen LogP contribution in [0.25, 0.3) is 6.08 Å². The largest absolute Gasteiger partial charge is 0.486 e. The van der Waals surface area contributed by atoms with Crippen LogP contribution in [0.2, 0.25) is 15.1 Å². The van der Waals surface area contributed by atoms with Crippen LogP contribution in [0.3, 0.4) is 0 Å². The molecular formula is C29H24Cl3N3O4S. The molecule has 2 aliphatic rings. The van der Waals surface area contributed by atoms with Crippen molar-refractivity contribution in [1.29, 1.82) is 0 Å². The van der Waals surface area contributed by atoms with Crippen LogP contribution in [0.15, 0.2) is 71.6 Å². The summed E-state index contributed by atoms with van der Waals surface area (Å²) in [5.41, 5.74) is 2.52. The number of ether oxygens (including phenoxy) is 1. The topological polar surface area (TPSA) is 70.2 Å². The van der Waals surface area contributed by atoms with Crippen LogP contribution in [-0.2, 0) is 16.2 Å². The Balaban J connectivity index is 1.20. The van der Waals surface area contributed by atoms with Gasteiger partial charge in [-0.15, -0.1) is 0 Å². The van der Waals surface area contributed by atoms with Crippen molar-refractivity contribution < 1.29 is 19.1 Å². The Hall–Kier alpha value is -3.17. The summed E-state index contributed by atoms with van der Waals surface area (Å²) in [6.07, 6.45) is 1.54. The standard InChI is InChI=1S/C29H24Cl3N3O4S/c30-21-8-6-19(7-9-21)18-39-27-23(31)14-20(15-24(27)32)16-25-28(37)35(29(38)40-25)17-26(36)34-12-10-33(11-13-34)22-4-2-1-3-5-22/h1-9,14-16H,10-13,17-18H2/b25-16+. The Labute approximate surface area is 251 Å². The molecular weight excluding hydrogens is 593 g/mol. The number of amides is 3. The maximum absolute atomic E-state index is 13.0. The molecule has 0 N–H and O–H groups in total. The molecule has 0 aliphatic carbocycles. The molecule has 3 aromatic rings. The number of nitrogens with zero attached hydrogens (tertiary/aromatic N) is 3. The first-order valence-corrected chi connectivity index (χ1v) is 14.4. The Morgan fingerprint density at radius 1 is 0.900 bits per heavy atom. The van der Waals surface area contributed by atoms with Gasteiger partial charge in [-0.2, -0.15) is 0 Å². The molecule has 40 heavy (non-hydrogen) atoms. The number of thioether (sulfide) groups is 1. The van der Waals surface area contributed by atoms with Crippen molar-refractivity contribution in [3.05, 3.63) is 97.8 Å². The lowest BCUT2D eigenvalue weighted by Gasteiger charge is -2.36. The van der Waals surface area contributed by atoms with Gasteiger partial charge in [0, 0.05) is 36.9 Å². The molecule has 0 bridgehead atoms. The summed E-state index contributed by atoms with van der Waals surface area (Å²) in [5.74, 6) is -0.479. The van der Waals surface area contributed by atoms with E-state index >= 15 is 0 Å². The van der Waals surface area contributed by atoms with E-state index in [-0.39, 0.29) is 34.0 Å². The van der Waals surface area contributed by atoms with E-state index in [0.29, 0.717) is 42.5 Å². The number of rotatable bonds is 7. The van der Waals surface area contributed by atoms with Crippen LogP contribution < -0.4 is 9.64 Å². The van der Waals surface area contributed by atoms with Crippen molar-refractivity contribution in [3.8, 4) is 5.75 Å². The van der Waals surface area contributed by atoms with Crippen LogP contribution in [0.5, 0.6) is 5.75 Å². The third-order valence-electron chi connectivity index (χ3n) is 6.54. The van der Waals surface area contributed by atoms with Crippen LogP contribution in [0.4, 0.5) is 10.5 Å². The maximum Gasteiger partial charge on any atom is 0.294 e. The van der Waals surface area contributed by atoms with E-state index < -0.39 is 11.1 Å². The fourth-order valence-corrected chi connectivity index (χ4v) is 5.99. The van der Waals surface area contributed by atoms with Gasteiger partial charge in [-0.25, -0.2) is 0 Å². The molecule has 2 fully saturated rings. The first-order chi connectivity index (χ1) is 19.3.